The van der Waals surface area contributed by atoms with E-state index in [9.17, 15) is 27.6 Å². The molecular formula is C18H10BrClF3N3O3. The number of carbonyl (C=O) groups is 3. The summed E-state index contributed by atoms with van der Waals surface area (Å²) in [5.74, 6) is -3.47. The second kappa shape index (κ2) is 7.96. The number of imide groups is 2. The Morgan fingerprint density at radius 1 is 1.14 bits per heavy atom. The van der Waals surface area contributed by atoms with E-state index in [0.717, 1.165) is 24.4 Å². The average molecular weight is 489 g/mol. The molecule has 3 rings (SSSR count). The Morgan fingerprint density at radius 3 is 2.52 bits per heavy atom. The van der Waals surface area contributed by atoms with Crippen LogP contribution >= 0.6 is 27.5 Å². The molecule has 1 atom stereocenters. The van der Waals surface area contributed by atoms with Crippen molar-refractivity contribution >= 4 is 63.0 Å². The summed E-state index contributed by atoms with van der Waals surface area (Å²) in [6, 6.07) is 7.17. The lowest BCUT2D eigenvalue weighted by molar-refractivity contribution is -0.138. The fourth-order valence-corrected chi connectivity index (χ4v) is 2.93. The summed E-state index contributed by atoms with van der Waals surface area (Å²) in [6.07, 6.45) is -3.66. The molecule has 0 unspecified atom stereocenters. The fourth-order valence-electron chi connectivity index (χ4n) is 2.51. The highest BCUT2D eigenvalue weighted by molar-refractivity contribution is 9.10. The number of nitrogens with one attached hydrogen (secondary N) is 1. The number of amides is 4. The molecule has 1 saturated heterocycles. The van der Waals surface area contributed by atoms with Crippen molar-refractivity contribution in [3.63, 3.8) is 0 Å². The molecule has 150 valence electrons. The number of barbiturate groups is 1. The maximum absolute atomic E-state index is 12.9. The second-order valence-corrected chi connectivity index (χ2v) is 7.13. The summed E-state index contributed by atoms with van der Waals surface area (Å²) < 4.78 is 39.4. The zero-order valence-corrected chi connectivity index (χ0v) is 16.5. The van der Waals surface area contributed by atoms with Gasteiger partial charge < -0.3 is 0 Å². The Hall–Kier alpha value is -2.72. The lowest BCUT2D eigenvalue weighted by atomic mass is 10.1. The van der Waals surface area contributed by atoms with Gasteiger partial charge in [0, 0.05) is 10.7 Å². The minimum atomic E-state index is -4.66. The Bertz CT molecular complexity index is 1040. The molecule has 1 aliphatic rings. The lowest BCUT2D eigenvalue weighted by Crippen LogP contribution is -2.58. The van der Waals surface area contributed by atoms with Crippen molar-refractivity contribution in [1.82, 2.24) is 5.32 Å². The molecule has 0 bridgehead atoms. The molecule has 0 aromatic heterocycles. The van der Waals surface area contributed by atoms with Gasteiger partial charge in [-0.3, -0.25) is 19.9 Å². The molecule has 6 nitrogen and oxygen atoms in total. The Kier molecular flexibility index (Phi) is 5.76. The van der Waals surface area contributed by atoms with Crippen molar-refractivity contribution in [3.05, 3.63) is 57.5 Å². The van der Waals surface area contributed by atoms with E-state index in [1.807, 2.05) is 5.32 Å². The van der Waals surface area contributed by atoms with Crippen LogP contribution in [0.3, 0.4) is 0 Å². The van der Waals surface area contributed by atoms with E-state index in [1.54, 1.807) is 12.1 Å². The molecule has 0 radical (unpaired) electrons. The molecule has 1 N–H and O–H groups in total. The zero-order valence-electron chi connectivity index (χ0n) is 14.2. The highest BCUT2D eigenvalue weighted by Gasteiger charge is 2.41. The van der Waals surface area contributed by atoms with Gasteiger partial charge >= 0.3 is 12.2 Å². The SMILES string of the molecule is O=C1NC(=O)N(c2cccc(C(F)(F)F)c2)C(=O)[C@@H]1C=Nc1ccc(Br)c(Cl)c1. The third-order valence-corrected chi connectivity index (χ3v) is 5.14. The van der Waals surface area contributed by atoms with E-state index in [0.29, 0.717) is 26.1 Å². The highest BCUT2D eigenvalue weighted by Crippen LogP contribution is 2.32. The smallest absolute Gasteiger partial charge is 0.276 e. The van der Waals surface area contributed by atoms with Gasteiger partial charge in [0.15, 0.2) is 5.92 Å². The molecule has 1 fully saturated rings. The Balaban J connectivity index is 1.92. The summed E-state index contributed by atoms with van der Waals surface area (Å²) in [7, 11) is 0. The van der Waals surface area contributed by atoms with Gasteiger partial charge in [-0.25, -0.2) is 9.69 Å². The third-order valence-electron chi connectivity index (χ3n) is 3.91. The monoisotopic (exact) mass is 487 g/mol. The first-order valence-corrected chi connectivity index (χ1v) is 9.10. The van der Waals surface area contributed by atoms with Gasteiger partial charge in [-0.1, -0.05) is 17.7 Å². The molecule has 4 amide bonds. The summed E-state index contributed by atoms with van der Waals surface area (Å²) in [6.45, 7) is 0. The van der Waals surface area contributed by atoms with Crippen LogP contribution in [0.2, 0.25) is 5.02 Å². The average Bonchev–Trinajstić information content (AvgIpc) is 2.63. The standard InChI is InChI=1S/C18H10BrClF3N3O3/c19-13-5-4-10(7-14(13)20)24-8-12-15(27)25-17(29)26(16(12)28)11-3-1-2-9(6-11)18(21,22)23/h1-8,12H,(H,25,27,29)/t12-/m1/s1. The minimum absolute atomic E-state index is 0.320. The molecule has 0 saturated carbocycles. The molecule has 1 aliphatic heterocycles. The van der Waals surface area contributed by atoms with Crippen LogP contribution in [0, 0.1) is 5.92 Å². The summed E-state index contributed by atoms with van der Waals surface area (Å²) in [5, 5.41) is 2.29. The number of halogens is 5. The Morgan fingerprint density at radius 2 is 1.86 bits per heavy atom. The van der Waals surface area contributed by atoms with Gasteiger partial charge in [0.2, 0.25) is 5.91 Å². The molecule has 11 heteroatoms. The minimum Gasteiger partial charge on any atom is -0.276 e. The van der Waals surface area contributed by atoms with Crippen LogP contribution in [-0.4, -0.2) is 24.1 Å². The molecule has 2 aromatic carbocycles. The first-order valence-electron chi connectivity index (χ1n) is 7.93. The molecule has 1 heterocycles. The van der Waals surface area contributed by atoms with Crippen LogP contribution in [0.25, 0.3) is 0 Å². The van der Waals surface area contributed by atoms with Gasteiger partial charge in [0.1, 0.15) is 0 Å². The van der Waals surface area contributed by atoms with Crippen LogP contribution in [0.4, 0.5) is 29.3 Å². The predicted octanol–water partition coefficient (Wildman–Crippen LogP) is 4.72. The van der Waals surface area contributed by atoms with Crippen LogP contribution in [0.5, 0.6) is 0 Å². The number of hydrogen-bond donors (Lipinski definition) is 1. The summed E-state index contributed by atoms with van der Waals surface area (Å²) in [5.41, 5.74) is -1.02. The quantitative estimate of drug-likeness (QED) is 0.501. The molecule has 2 aromatic rings. The van der Waals surface area contributed by atoms with Crippen molar-refractivity contribution in [3.8, 4) is 0 Å². The largest absolute Gasteiger partial charge is 0.416 e. The topological polar surface area (TPSA) is 78.8 Å². The number of urea groups is 1. The van der Waals surface area contributed by atoms with Crippen molar-refractivity contribution in [2.45, 2.75) is 6.18 Å². The van der Waals surface area contributed by atoms with E-state index in [-0.39, 0.29) is 5.69 Å². The highest BCUT2D eigenvalue weighted by atomic mass is 79.9. The molecule has 29 heavy (non-hydrogen) atoms. The lowest BCUT2D eigenvalue weighted by Gasteiger charge is -2.28. The number of alkyl halides is 3. The number of rotatable bonds is 3. The Labute approximate surface area is 175 Å². The molecular weight excluding hydrogens is 479 g/mol. The van der Waals surface area contributed by atoms with Crippen LogP contribution in [-0.2, 0) is 15.8 Å². The maximum Gasteiger partial charge on any atom is 0.416 e. The van der Waals surface area contributed by atoms with E-state index in [2.05, 4.69) is 20.9 Å². The van der Waals surface area contributed by atoms with Crippen LogP contribution in [0.1, 0.15) is 5.56 Å². The number of nitrogens with zero attached hydrogens (tertiary/aromatic N) is 2. The van der Waals surface area contributed by atoms with Gasteiger partial charge in [-0.05, 0) is 52.3 Å². The van der Waals surface area contributed by atoms with Crippen molar-refractivity contribution < 1.29 is 27.6 Å². The number of hydrogen-bond acceptors (Lipinski definition) is 4. The van der Waals surface area contributed by atoms with Gasteiger partial charge in [0.25, 0.3) is 5.91 Å². The first kappa shape index (κ1) is 21.0. The van der Waals surface area contributed by atoms with Gasteiger partial charge in [0.05, 0.1) is 22.0 Å². The normalized spacial score (nSPS) is 17.8. The number of aliphatic imine (C=N–C) groups is 1. The predicted molar refractivity (Wildman–Crippen MR) is 103 cm³/mol. The number of carbonyl (C=O) groups excluding carboxylic acids is 3. The summed E-state index contributed by atoms with van der Waals surface area (Å²) >= 11 is 9.16. The van der Waals surface area contributed by atoms with E-state index < -0.39 is 35.5 Å². The zero-order chi connectivity index (χ0) is 21.3. The van der Waals surface area contributed by atoms with Crippen molar-refractivity contribution in [2.75, 3.05) is 4.90 Å². The maximum atomic E-state index is 12.9. The number of benzene rings is 2. The summed E-state index contributed by atoms with van der Waals surface area (Å²) in [4.78, 5) is 41.4. The van der Waals surface area contributed by atoms with Crippen LogP contribution in [0.15, 0.2) is 51.9 Å². The molecule has 0 aliphatic carbocycles. The van der Waals surface area contributed by atoms with E-state index >= 15 is 0 Å². The fraction of sp³-hybridized carbons (Fsp3) is 0.111. The van der Waals surface area contributed by atoms with E-state index in [4.69, 9.17) is 11.6 Å². The number of anilines is 1. The third kappa shape index (κ3) is 4.48. The second-order valence-electron chi connectivity index (χ2n) is 5.87. The molecule has 0 spiro atoms. The first-order chi connectivity index (χ1) is 13.6. The van der Waals surface area contributed by atoms with Crippen molar-refractivity contribution in [2.24, 2.45) is 10.9 Å². The van der Waals surface area contributed by atoms with E-state index in [1.165, 1.54) is 6.07 Å². The van der Waals surface area contributed by atoms with Gasteiger partial charge in [-0.15, -0.1) is 0 Å². The van der Waals surface area contributed by atoms with Crippen molar-refractivity contribution in [1.29, 1.82) is 0 Å². The van der Waals surface area contributed by atoms with Crippen LogP contribution < -0.4 is 10.2 Å². The van der Waals surface area contributed by atoms with Gasteiger partial charge in [-0.2, -0.15) is 13.2 Å².